The van der Waals surface area contributed by atoms with Crippen molar-refractivity contribution in [2.24, 2.45) is 5.10 Å². The van der Waals surface area contributed by atoms with Crippen LogP contribution in [-0.4, -0.2) is 33.8 Å². The second kappa shape index (κ2) is 13.7. The molecule has 2 N–H and O–H groups in total. The highest BCUT2D eigenvalue weighted by Gasteiger charge is 2.12. The molecule has 0 aliphatic carbocycles. The summed E-state index contributed by atoms with van der Waals surface area (Å²) in [7, 11) is 0. The van der Waals surface area contributed by atoms with Gasteiger partial charge in [0.15, 0.2) is 0 Å². The van der Waals surface area contributed by atoms with Crippen LogP contribution in [0.1, 0.15) is 31.8 Å². The number of nitro benzene ring substituents is 2. The monoisotopic (exact) mass is 579 g/mol. The number of benzene rings is 4. The standard InChI is InChI=1S/C30H21N5O8/c36-28(17-10-20-8-13-25(14-9-20)34(39)40)43-27-7-2-1-4-23(27)19-31-33-30(38)22-5-3-6-24(18-22)32-29(37)21-11-15-26(16-12-21)35(41)42/h1-19H,(H,32,37)(H,33,38)/b17-10+,31-19?. The number of nitrogens with one attached hydrogen (secondary N) is 2. The van der Waals surface area contributed by atoms with Crippen LogP contribution in [0.25, 0.3) is 6.08 Å². The number of hydrogen-bond acceptors (Lipinski definition) is 9. The summed E-state index contributed by atoms with van der Waals surface area (Å²) in [5.74, 6) is -1.62. The maximum atomic E-state index is 12.7. The van der Waals surface area contributed by atoms with Crippen molar-refractivity contribution in [3.8, 4) is 5.75 Å². The Hall–Kier alpha value is -6.50. The van der Waals surface area contributed by atoms with E-state index in [9.17, 15) is 34.6 Å². The van der Waals surface area contributed by atoms with Crippen molar-refractivity contribution in [2.45, 2.75) is 0 Å². The molecule has 2 amide bonds. The number of carbonyl (C=O) groups is 3. The van der Waals surface area contributed by atoms with Gasteiger partial charge in [-0.3, -0.25) is 29.8 Å². The molecule has 43 heavy (non-hydrogen) atoms. The third-order valence-corrected chi connectivity index (χ3v) is 5.74. The topological polar surface area (TPSA) is 183 Å². The van der Waals surface area contributed by atoms with Crippen molar-refractivity contribution in [2.75, 3.05) is 5.32 Å². The molecule has 4 rings (SSSR count). The van der Waals surface area contributed by atoms with Crippen LogP contribution in [0.4, 0.5) is 17.1 Å². The molecule has 0 spiro atoms. The highest BCUT2D eigenvalue weighted by atomic mass is 16.6. The Labute approximate surface area is 243 Å². The third-order valence-electron chi connectivity index (χ3n) is 5.74. The molecule has 0 radical (unpaired) electrons. The fraction of sp³-hybridized carbons (Fsp3) is 0. The van der Waals surface area contributed by atoms with Gasteiger partial charge in [-0.25, -0.2) is 10.2 Å². The van der Waals surface area contributed by atoms with Crippen molar-refractivity contribution in [3.63, 3.8) is 0 Å². The van der Waals surface area contributed by atoms with Crippen LogP contribution in [0.3, 0.4) is 0 Å². The number of non-ortho nitro benzene ring substituents is 2. The summed E-state index contributed by atoms with van der Waals surface area (Å²) in [6.07, 6.45) is 3.91. The van der Waals surface area contributed by atoms with Gasteiger partial charge in [-0.2, -0.15) is 5.10 Å². The largest absolute Gasteiger partial charge is 0.423 e. The van der Waals surface area contributed by atoms with E-state index in [1.54, 1.807) is 30.3 Å². The van der Waals surface area contributed by atoms with Crippen LogP contribution in [-0.2, 0) is 4.79 Å². The van der Waals surface area contributed by atoms with Gasteiger partial charge in [0.25, 0.3) is 23.2 Å². The Bertz CT molecular complexity index is 1750. The average molecular weight is 580 g/mol. The first kappa shape index (κ1) is 29.5. The van der Waals surface area contributed by atoms with E-state index in [1.807, 2.05) is 0 Å². The zero-order valence-electron chi connectivity index (χ0n) is 22.1. The molecule has 4 aromatic rings. The Morgan fingerprint density at radius 2 is 1.40 bits per heavy atom. The number of nitro groups is 2. The molecule has 0 aliphatic rings. The van der Waals surface area contributed by atoms with E-state index in [0.717, 1.165) is 0 Å². The minimum absolute atomic E-state index is 0.0702. The van der Waals surface area contributed by atoms with E-state index in [2.05, 4.69) is 15.8 Å². The molecule has 0 aliphatic heterocycles. The average Bonchev–Trinajstić information content (AvgIpc) is 3.01. The first-order chi connectivity index (χ1) is 20.7. The van der Waals surface area contributed by atoms with Crippen LogP contribution >= 0.6 is 0 Å². The van der Waals surface area contributed by atoms with Gasteiger partial charge in [0, 0.05) is 52.7 Å². The fourth-order valence-corrected chi connectivity index (χ4v) is 3.59. The Balaban J connectivity index is 1.35. The number of nitrogens with zero attached hydrogens (tertiary/aromatic N) is 3. The summed E-state index contributed by atoms with van der Waals surface area (Å²) in [5.41, 5.74) is 3.82. The molecular formula is C30H21N5O8. The minimum Gasteiger partial charge on any atom is -0.423 e. The lowest BCUT2D eigenvalue weighted by atomic mass is 10.1. The Kier molecular flexibility index (Phi) is 9.41. The van der Waals surface area contributed by atoms with E-state index in [0.29, 0.717) is 16.8 Å². The van der Waals surface area contributed by atoms with Crippen molar-refractivity contribution in [1.82, 2.24) is 5.43 Å². The second-order valence-corrected chi connectivity index (χ2v) is 8.68. The summed E-state index contributed by atoms with van der Waals surface area (Å²) in [4.78, 5) is 58.0. The van der Waals surface area contributed by atoms with E-state index in [4.69, 9.17) is 4.74 Å². The molecule has 13 nitrogen and oxygen atoms in total. The van der Waals surface area contributed by atoms with Gasteiger partial charge in [0.05, 0.1) is 16.1 Å². The molecule has 0 unspecified atom stereocenters. The number of rotatable bonds is 10. The van der Waals surface area contributed by atoms with E-state index >= 15 is 0 Å². The molecule has 0 bridgehead atoms. The summed E-state index contributed by atoms with van der Waals surface area (Å²) < 4.78 is 5.37. The summed E-state index contributed by atoms with van der Waals surface area (Å²) in [6, 6.07) is 23.3. The molecule has 4 aromatic carbocycles. The molecule has 214 valence electrons. The van der Waals surface area contributed by atoms with Crippen LogP contribution in [0.15, 0.2) is 108 Å². The first-order valence-corrected chi connectivity index (χ1v) is 12.4. The number of para-hydroxylation sites is 1. The van der Waals surface area contributed by atoms with Crippen molar-refractivity contribution in [3.05, 3.63) is 146 Å². The zero-order valence-corrected chi connectivity index (χ0v) is 22.1. The number of hydrazone groups is 1. The van der Waals surface area contributed by atoms with Gasteiger partial charge in [-0.15, -0.1) is 0 Å². The van der Waals surface area contributed by atoms with Gasteiger partial charge >= 0.3 is 5.97 Å². The fourth-order valence-electron chi connectivity index (χ4n) is 3.59. The number of amides is 2. The Morgan fingerprint density at radius 1 is 0.744 bits per heavy atom. The molecule has 0 atom stereocenters. The summed E-state index contributed by atoms with van der Waals surface area (Å²) >= 11 is 0. The predicted molar refractivity (Wildman–Crippen MR) is 157 cm³/mol. The molecular weight excluding hydrogens is 558 g/mol. The van der Waals surface area contributed by atoms with Gasteiger partial charge in [-0.05, 0) is 66.2 Å². The van der Waals surface area contributed by atoms with Crippen LogP contribution < -0.4 is 15.5 Å². The number of esters is 1. The van der Waals surface area contributed by atoms with E-state index in [1.165, 1.54) is 85.1 Å². The molecule has 0 saturated heterocycles. The molecule has 13 heteroatoms. The minimum atomic E-state index is -0.698. The van der Waals surface area contributed by atoms with E-state index in [-0.39, 0.29) is 28.3 Å². The predicted octanol–water partition coefficient (Wildman–Crippen LogP) is 5.14. The molecule has 0 aromatic heterocycles. The third kappa shape index (κ3) is 8.25. The van der Waals surface area contributed by atoms with Gasteiger partial charge in [0.1, 0.15) is 5.75 Å². The number of hydrogen-bond donors (Lipinski definition) is 2. The molecule has 0 fully saturated rings. The molecule has 0 saturated carbocycles. The van der Waals surface area contributed by atoms with Crippen molar-refractivity contribution in [1.29, 1.82) is 0 Å². The second-order valence-electron chi connectivity index (χ2n) is 8.68. The smallest absolute Gasteiger partial charge is 0.336 e. The van der Waals surface area contributed by atoms with Gasteiger partial charge in [0.2, 0.25) is 0 Å². The number of carbonyl (C=O) groups excluding carboxylic acids is 3. The van der Waals surface area contributed by atoms with E-state index < -0.39 is 27.6 Å². The lowest BCUT2D eigenvalue weighted by Crippen LogP contribution is -2.18. The van der Waals surface area contributed by atoms with Crippen molar-refractivity contribution >= 4 is 47.1 Å². The number of ether oxygens (including phenoxy) is 1. The number of anilines is 1. The van der Waals surface area contributed by atoms with Crippen LogP contribution in [0, 0.1) is 20.2 Å². The van der Waals surface area contributed by atoms with Crippen LogP contribution in [0.2, 0.25) is 0 Å². The highest BCUT2D eigenvalue weighted by molar-refractivity contribution is 6.05. The SMILES string of the molecule is O=C(/C=C/c1ccc([N+](=O)[O-])cc1)Oc1ccccc1C=NNC(=O)c1cccc(NC(=O)c2ccc([N+](=O)[O-])cc2)c1. The molecule has 0 heterocycles. The first-order valence-electron chi connectivity index (χ1n) is 12.4. The normalized spacial score (nSPS) is 10.8. The van der Waals surface area contributed by atoms with Gasteiger partial charge in [-0.1, -0.05) is 18.2 Å². The lowest BCUT2D eigenvalue weighted by Gasteiger charge is -2.07. The quantitative estimate of drug-likeness (QED) is 0.0646. The maximum Gasteiger partial charge on any atom is 0.336 e. The lowest BCUT2D eigenvalue weighted by molar-refractivity contribution is -0.385. The highest BCUT2D eigenvalue weighted by Crippen LogP contribution is 2.18. The zero-order chi connectivity index (χ0) is 30.8. The summed E-state index contributed by atoms with van der Waals surface area (Å²) in [5, 5.41) is 28.1. The van der Waals surface area contributed by atoms with Crippen LogP contribution in [0.5, 0.6) is 5.75 Å². The Morgan fingerprint density at radius 3 is 2.07 bits per heavy atom. The van der Waals surface area contributed by atoms with Gasteiger partial charge < -0.3 is 10.1 Å². The van der Waals surface area contributed by atoms with Crippen molar-refractivity contribution < 1.29 is 29.0 Å². The summed E-state index contributed by atoms with van der Waals surface area (Å²) in [6.45, 7) is 0. The maximum absolute atomic E-state index is 12.7.